The van der Waals surface area contributed by atoms with Crippen LogP contribution in [0.2, 0.25) is 5.02 Å². The molecule has 0 fully saturated rings. The molecule has 2 aliphatic rings. The number of hydrogen-bond donors (Lipinski definition) is 1. The van der Waals surface area contributed by atoms with Gasteiger partial charge in [0, 0.05) is 31.3 Å². The summed E-state index contributed by atoms with van der Waals surface area (Å²) in [5.74, 6) is -0.214. The molecular formula is C29H31ClFN3O4. The van der Waals surface area contributed by atoms with E-state index in [1.807, 2.05) is 18.7 Å². The first-order chi connectivity index (χ1) is 18.1. The van der Waals surface area contributed by atoms with E-state index < -0.39 is 5.92 Å². The lowest BCUT2D eigenvalue weighted by atomic mass is 9.68. The topological polar surface area (TPSA) is 97.8 Å². The van der Waals surface area contributed by atoms with Crippen LogP contribution in [0.15, 0.2) is 59.1 Å². The summed E-state index contributed by atoms with van der Waals surface area (Å²) in [5, 5.41) is 10.4. The molecule has 0 aromatic heterocycles. The second kappa shape index (κ2) is 11.1. The third kappa shape index (κ3) is 5.35. The molecule has 0 saturated heterocycles. The Labute approximate surface area is 227 Å². The summed E-state index contributed by atoms with van der Waals surface area (Å²) < 4.78 is 30.4. The fourth-order valence-electron chi connectivity index (χ4n) is 5.18. The molecule has 0 unspecified atom stereocenters. The molecule has 1 heterocycles. The number of nitrogens with two attached hydrogens (primary N) is 1. The number of allylic oxidation sites excluding steroid dienone is 3. The Bertz CT molecular complexity index is 1360. The van der Waals surface area contributed by atoms with Crippen molar-refractivity contribution in [3.63, 3.8) is 0 Å². The van der Waals surface area contributed by atoms with Gasteiger partial charge in [-0.3, -0.25) is 4.79 Å². The van der Waals surface area contributed by atoms with Crippen molar-refractivity contribution >= 4 is 17.4 Å². The number of methoxy groups -OCH3 is 2. The van der Waals surface area contributed by atoms with Crippen LogP contribution < -0.4 is 15.2 Å². The summed E-state index contributed by atoms with van der Waals surface area (Å²) in [6, 6.07) is 11.7. The number of hydrogen-bond acceptors (Lipinski definition) is 7. The van der Waals surface area contributed by atoms with Gasteiger partial charge in [0.15, 0.2) is 17.3 Å². The summed E-state index contributed by atoms with van der Waals surface area (Å²) in [4.78, 5) is 15.4. The second-order valence-corrected chi connectivity index (χ2v) is 10.6. The zero-order valence-corrected chi connectivity index (χ0v) is 22.7. The van der Waals surface area contributed by atoms with E-state index in [0.717, 1.165) is 5.70 Å². The largest absolute Gasteiger partial charge is 0.493 e. The average molecular weight is 540 g/mol. The predicted octanol–water partition coefficient (Wildman–Crippen LogP) is 5.45. The monoisotopic (exact) mass is 539 g/mol. The van der Waals surface area contributed by atoms with Gasteiger partial charge < -0.3 is 24.8 Å². The maximum absolute atomic E-state index is 13.6. The molecule has 7 nitrogen and oxygen atoms in total. The van der Waals surface area contributed by atoms with Gasteiger partial charge in [0.1, 0.15) is 18.2 Å². The second-order valence-electron chi connectivity index (χ2n) is 10.2. The van der Waals surface area contributed by atoms with Gasteiger partial charge >= 0.3 is 0 Å². The highest BCUT2D eigenvalue weighted by atomic mass is 35.5. The molecule has 4 rings (SSSR count). The van der Waals surface area contributed by atoms with E-state index in [4.69, 9.17) is 31.5 Å². The van der Waals surface area contributed by atoms with Gasteiger partial charge in [-0.15, -0.1) is 0 Å². The van der Waals surface area contributed by atoms with Crippen LogP contribution in [-0.2, 0) is 16.1 Å². The highest BCUT2D eigenvalue weighted by Crippen LogP contribution is 2.50. The Hall–Kier alpha value is -3.54. The molecule has 2 N–H and O–H groups in total. The van der Waals surface area contributed by atoms with E-state index in [2.05, 4.69) is 6.07 Å². The number of ketones is 1. The van der Waals surface area contributed by atoms with E-state index in [9.17, 15) is 14.4 Å². The average Bonchev–Trinajstić information content (AvgIpc) is 2.86. The minimum Gasteiger partial charge on any atom is -0.493 e. The number of ether oxygens (including phenoxy) is 3. The van der Waals surface area contributed by atoms with Crippen LogP contribution in [0.1, 0.15) is 43.7 Å². The third-order valence-electron chi connectivity index (χ3n) is 6.86. The third-order valence-corrected chi connectivity index (χ3v) is 7.14. The van der Waals surface area contributed by atoms with Crippen molar-refractivity contribution in [1.82, 2.24) is 4.90 Å². The number of nitrogens with zero attached hydrogens (tertiary/aromatic N) is 2. The van der Waals surface area contributed by atoms with Crippen molar-refractivity contribution in [2.75, 3.05) is 27.4 Å². The van der Waals surface area contributed by atoms with Gasteiger partial charge in [-0.05, 0) is 47.2 Å². The summed E-state index contributed by atoms with van der Waals surface area (Å²) >= 11 is 6.67. The molecule has 2 aromatic rings. The van der Waals surface area contributed by atoms with Crippen molar-refractivity contribution in [3.05, 3.63) is 81.0 Å². The Morgan fingerprint density at radius 3 is 2.66 bits per heavy atom. The Kier molecular flexibility index (Phi) is 8.00. The van der Waals surface area contributed by atoms with Crippen LogP contribution in [0, 0.1) is 22.6 Å². The first-order valence-corrected chi connectivity index (χ1v) is 12.6. The molecule has 0 spiro atoms. The van der Waals surface area contributed by atoms with Crippen molar-refractivity contribution in [2.45, 2.75) is 39.2 Å². The van der Waals surface area contributed by atoms with Gasteiger partial charge in [0.05, 0.1) is 36.3 Å². The minimum atomic E-state index is -0.707. The summed E-state index contributed by atoms with van der Waals surface area (Å²) in [7, 11) is 3.07. The van der Waals surface area contributed by atoms with Crippen LogP contribution >= 0.6 is 11.6 Å². The van der Waals surface area contributed by atoms with Crippen LogP contribution in [0.4, 0.5) is 4.39 Å². The molecule has 1 atom stereocenters. The summed E-state index contributed by atoms with van der Waals surface area (Å²) in [5.41, 5.74) is 9.13. The maximum atomic E-state index is 13.6. The van der Waals surface area contributed by atoms with E-state index in [0.29, 0.717) is 54.3 Å². The smallest absolute Gasteiger partial charge is 0.180 e. The number of benzene rings is 2. The van der Waals surface area contributed by atoms with Gasteiger partial charge in [-0.1, -0.05) is 37.6 Å². The van der Waals surface area contributed by atoms with Gasteiger partial charge in [-0.2, -0.15) is 5.26 Å². The maximum Gasteiger partial charge on any atom is 0.180 e. The zero-order valence-electron chi connectivity index (χ0n) is 21.9. The van der Waals surface area contributed by atoms with E-state index >= 15 is 0 Å². The van der Waals surface area contributed by atoms with E-state index in [-0.39, 0.29) is 40.0 Å². The van der Waals surface area contributed by atoms with Crippen molar-refractivity contribution in [3.8, 4) is 17.6 Å². The van der Waals surface area contributed by atoms with Crippen molar-refractivity contribution in [1.29, 1.82) is 5.26 Å². The molecule has 38 heavy (non-hydrogen) atoms. The van der Waals surface area contributed by atoms with Gasteiger partial charge in [0.2, 0.25) is 0 Å². The van der Waals surface area contributed by atoms with Gasteiger partial charge in [-0.25, -0.2) is 4.39 Å². The van der Waals surface area contributed by atoms with Crippen LogP contribution in [-0.4, -0.2) is 38.1 Å². The molecule has 2 aromatic carbocycles. The van der Waals surface area contributed by atoms with Crippen LogP contribution in [0.3, 0.4) is 0 Å². The highest BCUT2D eigenvalue weighted by Gasteiger charge is 2.44. The number of carbonyl (C=O) groups is 1. The van der Waals surface area contributed by atoms with Crippen LogP contribution in [0.5, 0.6) is 11.5 Å². The minimum absolute atomic E-state index is 0.0366. The lowest BCUT2D eigenvalue weighted by Gasteiger charge is -2.43. The Morgan fingerprint density at radius 2 is 2.00 bits per heavy atom. The van der Waals surface area contributed by atoms with Crippen LogP contribution in [0.25, 0.3) is 0 Å². The SMILES string of the molecule is COCCN1C(N)=C(C#N)[C@H](c2cc(Cl)c(OCc3cccc(F)c3)c(OC)c2)C2=C1CC(C)(C)CC2=O. The molecule has 0 radical (unpaired) electrons. The van der Waals surface area contributed by atoms with E-state index in [1.54, 1.807) is 31.4 Å². The fourth-order valence-corrected chi connectivity index (χ4v) is 5.45. The fraction of sp³-hybridized carbons (Fsp3) is 0.379. The predicted molar refractivity (Wildman–Crippen MR) is 142 cm³/mol. The van der Waals surface area contributed by atoms with Gasteiger partial charge in [0.25, 0.3) is 0 Å². The number of Topliss-reactive ketones (excluding diaryl/α,β-unsaturated/α-hetero) is 1. The molecule has 0 amide bonds. The highest BCUT2D eigenvalue weighted by molar-refractivity contribution is 6.32. The molecule has 1 aliphatic carbocycles. The molecule has 0 bridgehead atoms. The quantitative estimate of drug-likeness (QED) is 0.476. The number of carbonyl (C=O) groups excluding carboxylic acids is 1. The lowest BCUT2D eigenvalue weighted by molar-refractivity contribution is -0.118. The number of halogens is 2. The normalized spacial score (nSPS) is 18.8. The first-order valence-electron chi connectivity index (χ1n) is 12.3. The molecule has 0 saturated carbocycles. The number of nitriles is 1. The van der Waals surface area contributed by atoms with Crippen molar-refractivity contribution < 1.29 is 23.4 Å². The number of rotatable bonds is 8. The first kappa shape index (κ1) is 27.5. The molecule has 1 aliphatic heterocycles. The Morgan fingerprint density at radius 1 is 1.24 bits per heavy atom. The standard InChI is InChI=1S/C29H31ClFN3O4/c1-29(2)13-22-26(23(35)14-29)25(20(15-32)28(33)34(22)8-9-36-3)18-11-21(30)27(24(12-18)37-4)38-16-17-6-5-7-19(31)10-17/h5-7,10-12,25H,8-9,13-14,16,33H2,1-4H3/t25-/m0/s1. The molecule has 200 valence electrons. The molecule has 9 heteroatoms. The zero-order chi connectivity index (χ0) is 27.6. The summed E-state index contributed by atoms with van der Waals surface area (Å²) in [6.07, 6.45) is 0.964. The van der Waals surface area contributed by atoms with Crippen molar-refractivity contribution in [2.24, 2.45) is 11.1 Å². The Balaban J connectivity index is 1.80. The van der Waals surface area contributed by atoms with E-state index in [1.165, 1.54) is 19.2 Å². The molecular weight excluding hydrogens is 509 g/mol. The lowest BCUT2D eigenvalue weighted by Crippen LogP contribution is -2.43. The summed E-state index contributed by atoms with van der Waals surface area (Å²) in [6.45, 7) is 4.96.